The Kier molecular flexibility index (Phi) is 6.92. The Morgan fingerprint density at radius 2 is 1.59 bits per heavy atom. The fraction of sp³-hybridized carbons (Fsp3) is 0.455. The van der Waals surface area contributed by atoms with Crippen LogP contribution in [0, 0.1) is 5.82 Å². The van der Waals surface area contributed by atoms with Crippen LogP contribution in [0.3, 0.4) is 0 Å². The maximum Gasteiger partial charge on any atom is 0.424 e. The number of nitrogens with zero attached hydrogens (tertiary/aromatic N) is 1. The summed E-state index contributed by atoms with van der Waals surface area (Å²) in [5.41, 5.74) is -6.73. The molecule has 176 valence electrons. The van der Waals surface area contributed by atoms with E-state index >= 15 is 0 Å². The van der Waals surface area contributed by atoms with Gasteiger partial charge >= 0.3 is 12.3 Å². The van der Waals surface area contributed by atoms with Crippen LogP contribution >= 0.6 is 0 Å². The number of nitrogens with one attached hydrogen (secondary N) is 1. The minimum absolute atomic E-state index is 0.0282. The molecule has 0 aliphatic carbocycles. The molecule has 0 saturated heterocycles. The molecule has 32 heavy (non-hydrogen) atoms. The third-order valence-electron chi connectivity index (χ3n) is 4.45. The van der Waals surface area contributed by atoms with Crippen LogP contribution in [0.2, 0.25) is 0 Å². The average molecular weight is 458 g/mol. The van der Waals surface area contributed by atoms with Crippen molar-refractivity contribution in [2.24, 2.45) is 0 Å². The van der Waals surface area contributed by atoms with Crippen LogP contribution in [0.25, 0.3) is 11.3 Å². The van der Waals surface area contributed by atoms with E-state index in [0.29, 0.717) is 0 Å². The first-order chi connectivity index (χ1) is 14.4. The van der Waals surface area contributed by atoms with Gasteiger partial charge in [-0.25, -0.2) is 14.2 Å². The molecule has 0 bridgehead atoms. The van der Waals surface area contributed by atoms with Crippen molar-refractivity contribution in [2.45, 2.75) is 57.6 Å². The van der Waals surface area contributed by atoms with Crippen molar-refractivity contribution in [1.29, 1.82) is 0 Å². The molecule has 0 saturated carbocycles. The maximum atomic E-state index is 14.0. The van der Waals surface area contributed by atoms with Gasteiger partial charge in [0.25, 0.3) is 0 Å². The monoisotopic (exact) mass is 458 g/mol. The summed E-state index contributed by atoms with van der Waals surface area (Å²) in [5, 5.41) is 23.0. The topological polar surface area (TPSA) is 91.7 Å². The van der Waals surface area contributed by atoms with Gasteiger partial charge in [-0.1, -0.05) is 0 Å². The zero-order valence-electron chi connectivity index (χ0n) is 18.3. The molecular weight excluding hydrogens is 432 g/mol. The molecule has 0 radical (unpaired) electrons. The number of carbonyl (C=O) groups is 1. The van der Waals surface area contributed by atoms with Gasteiger partial charge in [-0.3, -0.25) is 0 Å². The van der Waals surface area contributed by atoms with E-state index in [1.807, 2.05) is 5.32 Å². The summed E-state index contributed by atoms with van der Waals surface area (Å²) in [4.78, 5) is 15.8. The van der Waals surface area contributed by atoms with Crippen molar-refractivity contribution < 1.29 is 37.3 Å². The molecule has 1 heterocycles. The van der Waals surface area contributed by atoms with Gasteiger partial charge in [0.05, 0.1) is 23.5 Å². The van der Waals surface area contributed by atoms with E-state index in [1.165, 1.54) is 52.8 Å². The van der Waals surface area contributed by atoms with Gasteiger partial charge in [0.15, 0.2) is 0 Å². The number of pyridine rings is 1. The van der Waals surface area contributed by atoms with Gasteiger partial charge in [-0.15, -0.1) is 0 Å². The van der Waals surface area contributed by atoms with E-state index in [4.69, 9.17) is 4.74 Å². The fourth-order valence-electron chi connectivity index (χ4n) is 2.71. The molecular formula is C22H26F4N2O4. The molecule has 0 spiro atoms. The summed E-state index contributed by atoms with van der Waals surface area (Å²) in [6.07, 6.45) is -6.40. The Balaban J connectivity index is 2.58. The summed E-state index contributed by atoms with van der Waals surface area (Å²) >= 11 is 0. The lowest BCUT2D eigenvalue weighted by atomic mass is 9.90. The number of rotatable bonds is 5. The van der Waals surface area contributed by atoms with Crippen LogP contribution in [0.5, 0.6) is 0 Å². The molecule has 1 amide bonds. The second-order valence-corrected chi connectivity index (χ2v) is 8.91. The molecule has 2 rings (SSSR count). The first kappa shape index (κ1) is 25.5. The summed E-state index contributed by atoms with van der Waals surface area (Å²) in [6, 6.07) is 7.08. The summed E-state index contributed by atoms with van der Waals surface area (Å²) in [6.45, 7) is 6.03. The van der Waals surface area contributed by atoms with Gasteiger partial charge in [-0.2, -0.15) is 13.2 Å². The van der Waals surface area contributed by atoms with Crippen LogP contribution in [0.1, 0.15) is 45.9 Å². The second-order valence-electron chi connectivity index (χ2n) is 8.91. The van der Waals surface area contributed by atoms with E-state index in [1.54, 1.807) is 0 Å². The maximum absolute atomic E-state index is 14.0. The number of ether oxygens (including phenoxy) is 1. The summed E-state index contributed by atoms with van der Waals surface area (Å²) in [7, 11) is 0. The second kappa shape index (κ2) is 8.67. The molecule has 1 atom stereocenters. The third-order valence-corrected chi connectivity index (χ3v) is 4.45. The molecule has 1 aromatic carbocycles. The molecule has 3 N–H and O–H groups in total. The molecule has 0 fully saturated rings. The molecule has 1 unspecified atom stereocenters. The zero-order valence-corrected chi connectivity index (χ0v) is 18.3. The van der Waals surface area contributed by atoms with Crippen molar-refractivity contribution in [3.8, 4) is 11.3 Å². The third kappa shape index (κ3) is 6.17. The molecule has 2 aromatic rings. The lowest BCUT2D eigenvalue weighted by Gasteiger charge is -2.32. The van der Waals surface area contributed by atoms with Crippen LogP contribution in [-0.4, -0.2) is 39.6 Å². The number of aromatic nitrogens is 1. The Bertz CT molecular complexity index is 964. The zero-order chi connectivity index (χ0) is 24.5. The van der Waals surface area contributed by atoms with Gasteiger partial charge < -0.3 is 20.3 Å². The molecule has 0 aliphatic heterocycles. The van der Waals surface area contributed by atoms with Crippen LogP contribution < -0.4 is 5.32 Å². The van der Waals surface area contributed by atoms with Gasteiger partial charge in [-0.05, 0) is 76.6 Å². The van der Waals surface area contributed by atoms with Crippen molar-refractivity contribution in [3.63, 3.8) is 0 Å². The summed E-state index contributed by atoms with van der Waals surface area (Å²) in [5.74, 6) is -0.555. The van der Waals surface area contributed by atoms with Crippen LogP contribution in [0.4, 0.5) is 22.4 Å². The molecule has 0 aliphatic rings. The van der Waals surface area contributed by atoms with Crippen molar-refractivity contribution in [2.75, 3.05) is 6.54 Å². The highest BCUT2D eigenvalue weighted by Gasteiger charge is 2.56. The number of aliphatic hydroxyl groups is 2. The molecule has 1 aromatic heterocycles. The largest absolute Gasteiger partial charge is 0.444 e. The van der Waals surface area contributed by atoms with Crippen LogP contribution in [-0.2, 0) is 15.9 Å². The quantitative estimate of drug-likeness (QED) is 0.578. The van der Waals surface area contributed by atoms with Crippen molar-refractivity contribution in [1.82, 2.24) is 10.3 Å². The van der Waals surface area contributed by atoms with Crippen LogP contribution in [0.15, 0.2) is 36.4 Å². The van der Waals surface area contributed by atoms with E-state index in [9.17, 15) is 32.6 Å². The lowest BCUT2D eigenvalue weighted by Crippen LogP contribution is -2.52. The first-order valence-corrected chi connectivity index (χ1v) is 9.70. The number of carbonyl (C=O) groups excluding carboxylic acids is 1. The number of hydrogen-bond donors (Lipinski definition) is 3. The highest BCUT2D eigenvalue weighted by molar-refractivity contribution is 5.68. The first-order valence-electron chi connectivity index (χ1n) is 9.70. The Labute approximate surface area is 183 Å². The minimum Gasteiger partial charge on any atom is -0.444 e. The van der Waals surface area contributed by atoms with E-state index < -0.39 is 47.1 Å². The number of benzene rings is 1. The number of alkyl halides is 3. The molecule has 6 nitrogen and oxygen atoms in total. The number of hydrogen-bond acceptors (Lipinski definition) is 5. The Morgan fingerprint density at radius 3 is 2.06 bits per heavy atom. The SMILES string of the molecule is CC(C)(C)OC(=O)NCC(O)(c1cc(C(C)(C)O)cc(-c2ccc(F)cc2)n1)C(F)(F)F. The Hall–Kier alpha value is -2.72. The smallest absolute Gasteiger partial charge is 0.424 e. The standard InChI is InChI=1S/C22H26F4N2O4/c1-19(2,3)32-18(29)27-12-21(31,22(24,25)26)17-11-14(20(4,5)30)10-16(28-17)13-6-8-15(23)9-7-13/h6-11,30-31H,12H2,1-5H3,(H,27,29). The van der Waals surface area contributed by atoms with Gasteiger partial charge in [0.1, 0.15) is 11.4 Å². The predicted octanol–water partition coefficient (Wildman–Crippen LogP) is 4.39. The van der Waals surface area contributed by atoms with Gasteiger partial charge in [0, 0.05) is 5.56 Å². The van der Waals surface area contributed by atoms with Crippen molar-refractivity contribution in [3.05, 3.63) is 53.5 Å². The highest BCUT2D eigenvalue weighted by Crippen LogP contribution is 2.40. The van der Waals surface area contributed by atoms with E-state index in [2.05, 4.69) is 4.98 Å². The Morgan fingerprint density at radius 1 is 1.03 bits per heavy atom. The number of amides is 1. The minimum atomic E-state index is -5.24. The van der Waals surface area contributed by atoms with Crippen molar-refractivity contribution >= 4 is 6.09 Å². The van der Waals surface area contributed by atoms with E-state index in [0.717, 1.165) is 18.2 Å². The van der Waals surface area contributed by atoms with Gasteiger partial charge in [0.2, 0.25) is 5.60 Å². The highest BCUT2D eigenvalue weighted by atomic mass is 19.4. The average Bonchev–Trinajstić information content (AvgIpc) is 2.63. The van der Waals surface area contributed by atoms with E-state index in [-0.39, 0.29) is 16.8 Å². The lowest BCUT2D eigenvalue weighted by molar-refractivity contribution is -0.265. The molecule has 10 heteroatoms. The fourth-order valence-corrected chi connectivity index (χ4v) is 2.71. The number of alkyl carbamates (subject to hydrolysis) is 1. The normalized spacial score (nSPS) is 14.6. The number of halogens is 4. The predicted molar refractivity (Wildman–Crippen MR) is 109 cm³/mol. The summed E-state index contributed by atoms with van der Waals surface area (Å²) < 4.78 is 60.2.